The minimum Gasteiger partial charge on any atom is -0.371 e. The molecule has 0 bridgehead atoms. The molecule has 1 amide bonds. The van der Waals surface area contributed by atoms with Gasteiger partial charge in [0.05, 0.1) is 10.5 Å². The summed E-state index contributed by atoms with van der Waals surface area (Å²) in [6.45, 7) is 6.81. The Balaban J connectivity index is 1.70. The number of carbonyl (C=O) groups excluding carboxylic acids is 1. The first-order valence-electron chi connectivity index (χ1n) is 11.1. The molecule has 2 aliphatic heterocycles. The van der Waals surface area contributed by atoms with Crippen molar-refractivity contribution >= 4 is 27.3 Å². The van der Waals surface area contributed by atoms with Crippen LogP contribution in [0.3, 0.4) is 0 Å². The molecule has 2 fully saturated rings. The molecule has 0 atom stereocenters. The van der Waals surface area contributed by atoms with Gasteiger partial charge in [0.1, 0.15) is 0 Å². The van der Waals surface area contributed by atoms with Gasteiger partial charge in [0.25, 0.3) is 5.91 Å². The predicted molar refractivity (Wildman–Crippen MR) is 124 cm³/mol. The van der Waals surface area contributed by atoms with E-state index < -0.39 is 10.0 Å². The lowest BCUT2D eigenvalue weighted by Gasteiger charge is -2.27. The van der Waals surface area contributed by atoms with Crippen molar-refractivity contribution in [2.75, 3.05) is 36.4 Å². The zero-order chi connectivity index (χ0) is 22.0. The normalized spacial score (nSPS) is 17.7. The number of nitrogens with one attached hydrogen (secondary N) is 1. The van der Waals surface area contributed by atoms with Crippen molar-refractivity contribution < 1.29 is 13.2 Å². The van der Waals surface area contributed by atoms with Crippen LogP contribution in [0.5, 0.6) is 0 Å². The maximum atomic E-state index is 13.3. The number of carbonyl (C=O) groups is 1. The zero-order valence-corrected chi connectivity index (χ0v) is 19.2. The summed E-state index contributed by atoms with van der Waals surface area (Å²) in [6.07, 6.45) is 4.97. The van der Waals surface area contributed by atoms with Gasteiger partial charge in [-0.2, -0.15) is 4.31 Å². The van der Waals surface area contributed by atoms with E-state index in [1.807, 2.05) is 32.0 Å². The molecule has 1 N–H and O–H groups in total. The third-order valence-electron chi connectivity index (χ3n) is 6.24. The molecule has 2 aliphatic rings. The lowest BCUT2D eigenvalue weighted by Crippen LogP contribution is -2.35. The van der Waals surface area contributed by atoms with Gasteiger partial charge < -0.3 is 10.2 Å². The fourth-order valence-corrected chi connectivity index (χ4v) is 6.03. The molecule has 0 saturated carbocycles. The van der Waals surface area contributed by atoms with Gasteiger partial charge in [0.2, 0.25) is 10.0 Å². The summed E-state index contributed by atoms with van der Waals surface area (Å²) in [5.41, 5.74) is 4.07. The second-order valence-electron chi connectivity index (χ2n) is 8.61. The number of nitrogens with zero attached hydrogens (tertiary/aromatic N) is 2. The smallest absolute Gasteiger partial charge is 0.257 e. The van der Waals surface area contributed by atoms with Gasteiger partial charge in [-0.25, -0.2) is 8.42 Å². The van der Waals surface area contributed by atoms with Crippen LogP contribution in [0.1, 0.15) is 53.6 Å². The summed E-state index contributed by atoms with van der Waals surface area (Å²) in [5.74, 6) is -0.274. The van der Waals surface area contributed by atoms with E-state index in [4.69, 9.17) is 0 Å². The molecule has 0 spiro atoms. The second kappa shape index (κ2) is 9.01. The van der Waals surface area contributed by atoms with Gasteiger partial charge in [-0.05, 0) is 69.4 Å². The van der Waals surface area contributed by atoms with E-state index >= 15 is 0 Å². The number of hydrogen-bond donors (Lipinski definition) is 1. The Labute approximate surface area is 185 Å². The summed E-state index contributed by atoms with van der Waals surface area (Å²) < 4.78 is 28.0. The molecule has 6 nitrogen and oxygen atoms in total. The number of rotatable bonds is 5. The first-order valence-corrected chi connectivity index (χ1v) is 12.6. The number of amides is 1. The molecule has 0 unspecified atom stereocenters. The molecule has 0 aliphatic carbocycles. The average molecular weight is 442 g/mol. The number of hydrogen-bond acceptors (Lipinski definition) is 4. The van der Waals surface area contributed by atoms with Crippen molar-refractivity contribution in [3.63, 3.8) is 0 Å². The number of piperidine rings is 1. The quantitative estimate of drug-likeness (QED) is 0.750. The summed E-state index contributed by atoms with van der Waals surface area (Å²) in [4.78, 5) is 15.7. The molecule has 166 valence electrons. The second-order valence-corrected chi connectivity index (χ2v) is 10.5. The van der Waals surface area contributed by atoms with Crippen molar-refractivity contribution in [1.29, 1.82) is 0 Å². The largest absolute Gasteiger partial charge is 0.371 e. The van der Waals surface area contributed by atoms with E-state index in [0.29, 0.717) is 18.7 Å². The fourth-order valence-electron chi connectivity index (χ4n) is 4.49. The predicted octanol–water partition coefficient (Wildman–Crippen LogP) is 4.33. The zero-order valence-electron chi connectivity index (χ0n) is 18.4. The van der Waals surface area contributed by atoms with Crippen LogP contribution in [0.4, 0.5) is 11.4 Å². The molecule has 0 aromatic heterocycles. The topological polar surface area (TPSA) is 69.7 Å². The standard InChI is InChI=1S/C24H31N3O3S/c1-18-8-10-22(19(2)16-18)25-24(28)21-17-20(9-11-23(21)26-12-6-7-13-26)31(29,30)27-14-4-3-5-15-27/h8-11,16-17H,3-7,12-15H2,1-2H3,(H,25,28). The number of anilines is 2. The molecule has 4 rings (SSSR count). The Hall–Kier alpha value is -2.38. The highest BCUT2D eigenvalue weighted by molar-refractivity contribution is 7.89. The number of sulfonamides is 1. The van der Waals surface area contributed by atoms with Crippen LogP contribution in [0.25, 0.3) is 0 Å². The Morgan fingerprint density at radius 2 is 1.55 bits per heavy atom. The summed E-state index contributed by atoms with van der Waals surface area (Å²) in [5, 5.41) is 3.00. The van der Waals surface area contributed by atoms with Crippen LogP contribution in [0, 0.1) is 13.8 Å². The van der Waals surface area contributed by atoms with E-state index in [2.05, 4.69) is 10.2 Å². The van der Waals surface area contributed by atoms with Gasteiger partial charge in [0, 0.05) is 37.6 Å². The average Bonchev–Trinajstić information content (AvgIpc) is 3.30. The molecular formula is C24H31N3O3S. The number of benzene rings is 2. The third kappa shape index (κ3) is 4.62. The van der Waals surface area contributed by atoms with Gasteiger partial charge in [0.15, 0.2) is 0 Å². The van der Waals surface area contributed by atoms with Crippen LogP contribution in [0.15, 0.2) is 41.3 Å². The molecular weight excluding hydrogens is 410 g/mol. The molecule has 0 radical (unpaired) electrons. The van der Waals surface area contributed by atoms with E-state index in [1.165, 1.54) is 0 Å². The Morgan fingerprint density at radius 3 is 2.23 bits per heavy atom. The van der Waals surface area contributed by atoms with Crippen molar-refractivity contribution in [3.8, 4) is 0 Å². The molecule has 2 aromatic carbocycles. The van der Waals surface area contributed by atoms with Crippen LogP contribution in [-0.2, 0) is 10.0 Å². The monoisotopic (exact) mass is 441 g/mol. The maximum absolute atomic E-state index is 13.3. The maximum Gasteiger partial charge on any atom is 0.257 e. The van der Waals surface area contributed by atoms with Crippen LogP contribution in [-0.4, -0.2) is 44.8 Å². The van der Waals surface area contributed by atoms with Gasteiger partial charge >= 0.3 is 0 Å². The molecule has 2 saturated heterocycles. The minimum absolute atomic E-state index is 0.197. The highest BCUT2D eigenvalue weighted by Gasteiger charge is 2.29. The first-order chi connectivity index (χ1) is 14.9. The van der Waals surface area contributed by atoms with Crippen molar-refractivity contribution in [3.05, 3.63) is 53.1 Å². The van der Waals surface area contributed by atoms with E-state index in [1.54, 1.807) is 22.5 Å². The highest BCUT2D eigenvalue weighted by atomic mass is 32.2. The van der Waals surface area contributed by atoms with Crippen molar-refractivity contribution in [2.24, 2.45) is 0 Å². The Bertz CT molecular complexity index is 1070. The van der Waals surface area contributed by atoms with Gasteiger partial charge in [-0.1, -0.05) is 24.1 Å². The molecule has 7 heteroatoms. The van der Waals surface area contributed by atoms with Crippen LogP contribution in [0.2, 0.25) is 0 Å². The highest BCUT2D eigenvalue weighted by Crippen LogP contribution is 2.30. The van der Waals surface area contributed by atoms with E-state index in [0.717, 1.165) is 67.7 Å². The Morgan fingerprint density at radius 1 is 0.871 bits per heavy atom. The Kier molecular flexibility index (Phi) is 6.34. The number of aryl methyl sites for hydroxylation is 2. The lowest BCUT2D eigenvalue weighted by molar-refractivity contribution is 0.102. The molecule has 31 heavy (non-hydrogen) atoms. The first kappa shape index (κ1) is 21.8. The molecule has 2 heterocycles. The van der Waals surface area contributed by atoms with Gasteiger partial charge in [-0.15, -0.1) is 0 Å². The van der Waals surface area contributed by atoms with Crippen LogP contribution < -0.4 is 10.2 Å². The lowest BCUT2D eigenvalue weighted by atomic mass is 10.1. The van der Waals surface area contributed by atoms with Crippen molar-refractivity contribution in [1.82, 2.24) is 4.31 Å². The SMILES string of the molecule is Cc1ccc(NC(=O)c2cc(S(=O)(=O)N3CCCCC3)ccc2N2CCCC2)c(C)c1. The van der Waals surface area contributed by atoms with Crippen LogP contribution >= 0.6 is 0 Å². The van der Waals surface area contributed by atoms with Crippen molar-refractivity contribution in [2.45, 2.75) is 50.8 Å². The summed E-state index contributed by atoms with van der Waals surface area (Å²) in [7, 11) is -3.61. The summed E-state index contributed by atoms with van der Waals surface area (Å²) in [6, 6.07) is 10.9. The minimum atomic E-state index is -3.61. The van der Waals surface area contributed by atoms with Gasteiger partial charge in [-0.3, -0.25) is 4.79 Å². The third-order valence-corrected chi connectivity index (χ3v) is 8.14. The summed E-state index contributed by atoms with van der Waals surface area (Å²) >= 11 is 0. The fraction of sp³-hybridized carbons (Fsp3) is 0.458. The van der Waals surface area contributed by atoms with E-state index in [9.17, 15) is 13.2 Å². The molecule has 2 aromatic rings. The van der Waals surface area contributed by atoms with E-state index in [-0.39, 0.29) is 10.8 Å².